The molecule has 1 heterocycles. The number of nitro groups is 1. The predicted molar refractivity (Wildman–Crippen MR) is 72.6 cm³/mol. The number of non-ortho nitro benzene ring substituents is 1. The minimum atomic E-state index is -0.491. The van der Waals surface area contributed by atoms with Crippen molar-refractivity contribution in [3.05, 3.63) is 57.3 Å². The van der Waals surface area contributed by atoms with E-state index >= 15 is 0 Å². The summed E-state index contributed by atoms with van der Waals surface area (Å²) in [5.74, 6) is 0.593. The van der Waals surface area contributed by atoms with Crippen molar-refractivity contribution in [3.8, 4) is 0 Å². The molecule has 0 saturated carbocycles. The molecule has 0 saturated heterocycles. The number of aryl methyl sites for hydroxylation is 2. The molecule has 7 nitrogen and oxygen atoms in total. The average Bonchev–Trinajstić information content (AvgIpc) is 2.76. The summed E-state index contributed by atoms with van der Waals surface area (Å²) in [7, 11) is 0. The van der Waals surface area contributed by atoms with Crippen LogP contribution in [0, 0.1) is 24.0 Å². The van der Waals surface area contributed by atoms with Crippen molar-refractivity contribution in [2.45, 2.75) is 26.9 Å². The SMILES string of the molecule is Cc1nc(COC(=O)Cc2ccc([N+](=O)[O-])cc2)oc1C. The van der Waals surface area contributed by atoms with E-state index in [9.17, 15) is 14.9 Å². The molecule has 110 valence electrons. The second-order valence-corrected chi connectivity index (χ2v) is 4.51. The molecule has 0 aliphatic carbocycles. The molecule has 1 aromatic carbocycles. The maximum Gasteiger partial charge on any atom is 0.310 e. The van der Waals surface area contributed by atoms with Gasteiger partial charge in [-0.05, 0) is 19.4 Å². The normalized spacial score (nSPS) is 10.4. The lowest BCUT2D eigenvalue weighted by molar-refractivity contribution is -0.384. The number of hydrogen-bond acceptors (Lipinski definition) is 6. The topological polar surface area (TPSA) is 95.5 Å². The van der Waals surface area contributed by atoms with Gasteiger partial charge >= 0.3 is 5.97 Å². The van der Waals surface area contributed by atoms with Gasteiger partial charge in [0.25, 0.3) is 5.69 Å². The summed E-state index contributed by atoms with van der Waals surface area (Å²) in [4.78, 5) is 25.8. The zero-order chi connectivity index (χ0) is 15.4. The third-order valence-corrected chi connectivity index (χ3v) is 2.93. The first kappa shape index (κ1) is 14.7. The van der Waals surface area contributed by atoms with Crippen LogP contribution >= 0.6 is 0 Å². The monoisotopic (exact) mass is 290 g/mol. The van der Waals surface area contributed by atoms with E-state index in [-0.39, 0.29) is 18.7 Å². The van der Waals surface area contributed by atoms with Gasteiger partial charge in [-0.15, -0.1) is 0 Å². The van der Waals surface area contributed by atoms with Crippen molar-refractivity contribution < 1.29 is 18.9 Å². The van der Waals surface area contributed by atoms with Crippen molar-refractivity contribution in [2.75, 3.05) is 0 Å². The summed E-state index contributed by atoms with van der Waals surface area (Å²) in [6.07, 6.45) is 0.0384. The van der Waals surface area contributed by atoms with E-state index < -0.39 is 10.9 Å². The van der Waals surface area contributed by atoms with Gasteiger partial charge in [-0.25, -0.2) is 4.98 Å². The number of esters is 1. The van der Waals surface area contributed by atoms with E-state index in [1.165, 1.54) is 24.3 Å². The number of carbonyl (C=O) groups excluding carboxylic acids is 1. The summed E-state index contributed by atoms with van der Waals surface area (Å²) in [5.41, 5.74) is 1.39. The van der Waals surface area contributed by atoms with E-state index in [1.54, 1.807) is 13.8 Å². The first-order chi connectivity index (χ1) is 9.95. The Morgan fingerprint density at radius 1 is 1.33 bits per heavy atom. The maximum absolute atomic E-state index is 11.7. The quantitative estimate of drug-likeness (QED) is 0.477. The number of aromatic nitrogens is 1. The second kappa shape index (κ2) is 6.17. The molecule has 21 heavy (non-hydrogen) atoms. The number of nitro benzene ring substituents is 1. The lowest BCUT2D eigenvalue weighted by Gasteiger charge is -2.02. The van der Waals surface area contributed by atoms with Gasteiger partial charge in [-0.1, -0.05) is 12.1 Å². The first-order valence-corrected chi connectivity index (χ1v) is 6.27. The average molecular weight is 290 g/mol. The minimum absolute atomic E-state index is 0.0159. The highest BCUT2D eigenvalue weighted by Crippen LogP contribution is 2.13. The zero-order valence-electron chi connectivity index (χ0n) is 11.7. The fourth-order valence-corrected chi connectivity index (χ4v) is 1.70. The lowest BCUT2D eigenvalue weighted by atomic mass is 10.1. The Morgan fingerprint density at radius 2 is 2.00 bits per heavy atom. The van der Waals surface area contributed by atoms with Gasteiger partial charge in [0.15, 0.2) is 6.61 Å². The number of oxazole rings is 1. The molecule has 0 unspecified atom stereocenters. The summed E-state index contributed by atoms with van der Waals surface area (Å²) < 4.78 is 10.3. The van der Waals surface area contributed by atoms with E-state index in [4.69, 9.17) is 9.15 Å². The van der Waals surface area contributed by atoms with Crippen LogP contribution in [0.4, 0.5) is 5.69 Å². The Morgan fingerprint density at radius 3 is 2.52 bits per heavy atom. The van der Waals surface area contributed by atoms with E-state index in [0.29, 0.717) is 17.2 Å². The van der Waals surface area contributed by atoms with E-state index in [1.807, 2.05) is 0 Å². The second-order valence-electron chi connectivity index (χ2n) is 4.51. The van der Waals surface area contributed by atoms with Crippen LogP contribution in [0.2, 0.25) is 0 Å². The molecule has 0 bridgehead atoms. The Hall–Kier alpha value is -2.70. The Kier molecular flexibility index (Phi) is 4.32. The van der Waals surface area contributed by atoms with Gasteiger partial charge in [-0.2, -0.15) is 0 Å². The zero-order valence-corrected chi connectivity index (χ0v) is 11.7. The van der Waals surface area contributed by atoms with Crippen molar-refractivity contribution in [3.63, 3.8) is 0 Å². The summed E-state index contributed by atoms with van der Waals surface area (Å²) in [5, 5.41) is 10.5. The van der Waals surface area contributed by atoms with Crippen molar-refractivity contribution in [1.29, 1.82) is 0 Å². The molecule has 1 aromatic heterocycles. The Labute approximate surface area is 120 Å². The van der Waals surface area contributed by atoms with Crippen LogP contribution in [0.3, 0.4) is 0 Å². The molecule has 0 radical (unpaired) electrons. The van der Waals surface area contributed by atoms with Crippen LogP contribution in [0.1, 0.15) is 22.9 Å². The Balaban J connectivity index is 1.88. The molecular weight excluding hydrogens is 276 g/mol. The van der Waals surface area contributed by atoms with Crippen molar-refractivity contribution in [1.82, 2.24) is 4.98 Å². The maximum atomic E-state index is 11.7. The third kappa shape index (κ3) is 3.88. The predicted octanol–water partition coefficient (Wildman–Crippen LogP) is 2.49. The van der Waals surface area contributed by atoms with Crippen molar-refractivity contribution in [2.24, 2.45) is 0 Å². The molecule has 0 aliphatic rings. The van der Waals surface area contributed by atoms with Crippen LogP contribution < -0.4 is 0 Å². The van der Waals surface area contributed by atoms with Crippen LogP contribution in [0.15, 0.2) is 28.7 Å². The van der Waals surface area contributed by atoms with Gasteiger partial charge < -0.3 is 9.15 Å². The molecule has 0 atom stereocenters. The molecule has 0 aliphatic heterocycles. The molecule has 0 N–H and O–H groups in total. The van der Waals surface area contributed by atoms with Crippen LogP contribution in [0.5, 0.6) is 0 Å². The first-order valence-electron chi connectivity index (χ1n) is 6.27. The van der Waals surface area contributed by atoms with Crippen LogP contribution in [-0.2, 0) is 22.6 Å². The fraction of sp³-hybridized carbons (Fsp3) is 0.286. The highest BCUT2D eigenvalue weighted by atomic mass is 16.6. The fourth-order valence-electron chi connectivity index (χ4n) is 1.70. The number of nitrogens with zero attached hydrogens (tertiary/aromatic N) is 2. The number of hydrogen-bond donors (Lipinski definition) is 0. The molecule has 0 fully saturated rings. The number of rotatable bonds is 5. The molecule has 7 heteroatoms. The summed E-state index contributed by atoms with van der Waals surface area (Å²) in [6.45, 7) is 3.56. The molecule has 2 rings (SSSR count). The van der Waals surface area contributed by atoms with E-state index in [2.05, 4.69) is 4.98 Å². The molecule has 2 aromatic rings. The van der Waals surface area contributed by atoms with E-state index in [0.717, 1.165) is 5.69 Å². The third-order valence-electron chi connectivity index (χ3n) is 2.93. The number of carbonyl (C=O) groups is 1. The minimum Gasteiger partial charge on any atom is -0.455 e. The summed E-state index contributed by atoms with van der Waals surface area (Å²) >= 11 is 0. The highest BCUT2D eigenvalue weighted by molar-refractivity contribution is 5.72. The smallest absolute Gasteiger partial charge is 0.310 e. The standard InChI is InChI=1S/C14H14N2O5/c1-9-10(2)21-13(15-9)8-20-14(17)7-11-3-5-12(6-4-11)16(18)19/h3-6H,7-8H2,1-2H3. The largest absolute Gasteiger partial charge is 0.455 e. The van der Waals surface area contributed by atoms with Crippen LogP contribution in [0.25, 0.3) is 0 Å². The van der Waals surface area contributed by atoms with Gasteiger partial charge in [0, 0.05) is 12.1 Å². The van der Waals surface area contributed by atoms with Crippen LogP contribution in [-0.4, -0.2) is 15.9 Å². The Bertz CT molecular complexity index is 641. The highest BCUT2D eigenvalue weighted by Gasteiger charge is 2.11. The number of ether oxygens (including phenoxy) is 1. The molecule has 0 spiro atoms. The molecule has 0 amide bonds. The number of benzene rings is 1. The van der Waals surface area contributed by atoms with Gasteiger partial charge in [0.05, 0.1) is 17.0 Å². The van der Waals surface area contributed by atoms with Crippen molar-refractivity contribution >= 4 is 11.7 Å². The lowest BCUT2D eigenvalue weighted by Crippen LogP contribution is -2.08. The molecular formula is C14H14N2O5. The van der Waals surface area contributed by atoms with Gasteiger partial charge in [0.1, 0.15) is 5.76 Å². The van der Waals surface area contributed by atoms with Gasteiger partial charge in [-0.3, -0.25) is 14.9 Å². The summed E-state index contributed by atoms with van der Waals surface area (Å²) in [6, 6.07) is 5.75. The van der Waals surface area contributed by atoms with Gasteiger partial charge in [0.2, 0.25) is 5.89 Å².